The van der Waals surface area contributed by atoms with E-state index >= 15 is 0 Å². The maximum Gasteiger partial charge on any atom is 0.220 e. The second-order valence-electron chi connectivity index (χ2n) is 34.2. The Bertz CT molecular complexity index is 2920. The van der Waals surface area contributed by atoms with E-state index in [-0.39, 0.29) is 6.42 Å². The molecule has 1 amide bonds. The third kappa shape index (κ3) is 31.3. The fourth-order valence-corrected chi connectivity index (χ4v) is 16.4. The molecular weight excluding hydrogens is 1670 g/mol. The number of ether oxygens (including phenoxy) is 15. The maximum atomic E-state index is 13.7. The Morgan fingerprint density at radius 3 is 1.14 bits per heavy atom. The molecule has 7 aliphatic rings. The third-order valence-corrected chi connectivity index (χ3v) is 24.4. The van der Waals surface area contributed by atoms with Crippen molar-refractivity contribution in [1.29, 1.82) is 0 Å². The molecule has 125 heavy (non-hydrogen) atoms. The van der Waals surface area contributed by atoms with Crippen molar-refractivity contribution >= 4 is 5.91 Å². The summed E-state index contributed by atoms with van der Waals surface area (Å²) in [6.45, 7) is -0.217. The number of aliphatic hydroxyl groups excluding tert-OH is 24. The van der Waals surface area contributed by atoms with Gasteiger partial charge in [0.1, 0.15) is 171 Å². The summed E-state index contributed by atoms with van der Waals surface area (Å²) in [4.78, 5) is 13.7. The number of nitrogens with one attached hydrogen (secondary N) is 1. The summed E-state index contributed by atoms with van der Waals surface area (Å²) in [5.74, 6) is -0.412. The molecule has 7 heterocycles. The highest BCUT2D eigenvalue weighted by Gasteiger charge is 2.59. The van der Waals surface area contributed by atoms with Crippen molar-refractivity contribution in [2.45, 2.75) is 452 Å². The minimum atomic E-state index is -2.87. The zero-order valence-electron chi connectivity index (χ0n) is 72.2. The number of aliphatic hydroxyl groups is 24. The van der Waals surface area contributed by atoms with E-state index in [1.165, 1.54) is 103 Å². The van der Waals surface area contributed by atoms with E-state index in [1.807, 2.05) is 0 Å². The van der Waals surface area contributed by atoms with Crippen LogP contribution in [-0.2, 0) is 75.8 Å². The first-order valence-electron chi connectivity index (χ1n) is 44.9. The summed E-state index contributed by atoms with van der Waals surface area (Å²) in [6, 6.07) is -5.11. The van der Waals surface area contributed by atoms with Gasteiger partial charge in [-0.1, -0.05) is 167 Å². The molecule has 7 fully saturated rings. The summed E-state index contributed by atoms with van der Waals surface area (Å²) in [7, 11) is 0. The minimum absolute atomic E-state index is 0.107. The van der Waals surface area contributed by atoms with Crippen LogP contribution in [0.3, 0.4) is 0 Å². The van der Waals surface area contributed by atoms with E-state index in [0.717, 1.165) is 64.2 Å². The van der Waals surface area contributed by atoms with Crippen molar-refractivity contribution in [3.8, 4) is 0 Å². The van der Waals surface area contributed by atoms with Crippen molar-refractivity contribution in [2.75, 3.05) is 46.2 Å². The van der Waals surface area contributed by atoms with E-state index < -0.39 is 310 Å². The van der Waals surface area contributed by atoms with Gasteiger partial charge in [-0.15, -0.1) is 0 Å². The van der Waals surface area contributed by atoms with Crippen LogP contribution in [0.5, 0.6) is 0 Å². The van der Waals surface area contributed by atoms with Crippen LogP contribution in [0.2, 0.25) is 0 Å². The first-order chi connectivity index (χ1) is 59.7. The second-order valence-corrected chi connectivity index (χ2v) is 34.2. The van der Waals surface area contributed by atoms with Crippen LogP contribution >= 0.6 is 0 Å². The first-order valence-corrected chi connectivity index (χ1v) is 44.9. The highest BCUT2D eigenvalue weighted by atomic mass is 16.8. The van der Waals surface area contributed by atoms with Gasteiger partial charge >= 0.3 is 0 Å². The van der Waals surface area contributed by atoms with Gasteiger partial charge in [-0.3, -0.25) is 4.79 Å². The molecule has 43 heteroatoms. The average Bonchev–Trinajstić information content (AvgIpc) is 0.772. The van der Waals surface area contributed by atoms with Crippen LogP contribution in [-0.4, -0.2) is 432 Å². The molecule has 0 spiro atoms. The van der Waals surface area contributed by atoms with Crippen molar-refractivity contribution in [3.63, 3.8) is 0 Å². The summed E-state index contributed by atoms with van der Waals surface area (Å²) in [5, 5.41) is 271. The highest BCUT2D eigenvalue weighted by Crippen LogP contribution is 2.38. The SMILES string of the molecule is CCCCCCCCCCCCC/C=C/C(O)C(CO[C@@H]1OC(CO)[C@H](O[C@@H](O)C(O)C(O[C@@H]2OC(CO)[C@H](O[C@@H]3OC(C)[C@H](O)C(O)C3O)C(O[C@@H]3OC(CO)[C@H](O)C(O)C3O)C2N)[C@@H](O)C(O)CO[C@@H]2OC(CO)[C@H](O[C@@H]3OC(CO)[C@H](O)C(O)C3O)C(OC3OC(C)[C@@H](O)C(O)C3O)C2N)C(O)C1O)NC(=O)CCCCCCCCCCCCCCC. The minimum Gasteiger partial charge on any atom is -0.394 e. The largest absolute Gasteiger partial charge is 0.394 e. The van der Waals surface area contributed by atoms with Gasteiger partial charge in [0, 0.05) is 6.42 Å². The molecule has 0 aromatic carbocycles. The Hall–Kier alpha value is -2.43. The molecule has 0 bridgehead atoms. The number of unbranched alkanes of at least 4 members (excludes halogenated alkanes) is 23. The molecule has 43 nitrogen and oxygen atoms in total. The van der Waals surface area contributed by atoms with Crippen LogP contribution < -0.4 is 16.8 Å². The van der Waals surface area contributed by atoms with E-state index in [4.69, 9.17) is 82.5 Å². The molecule has 29 N–H and O–H groups in total. The molecular formula is C82H151N3O40. The molecule has 7 aliphatic heterocycles. The second kappa shape index (κ2) is 56.0. The summed E-state index contributed by atoms with van der Waals surface area (Å²) < 4.78 is 88.8. The van der Waals surface area contributed by atoms with Gasteiger partial charge in [0.25, 0.3) is 0 Å². The van der Waals surface area contributed by atoms with E-state index in [0.29, 0.717) is 12.8 Å². The lowest BCUT2D eigenvalue weighted by atomic mass is 9.94. The number of carbonyl (C=O) groups excluding carboxylic acids is 1. The Morgan fingerprint density at radius 2 is 0.704 bits per heavy atom. The topological polar surface area (TPSA) is 705 Å². The van der Waals surface area contributed by atoms with Gasteiger partial charge in [0.05, 0.1) is 82.7 Å². The van der Waals surface area contributed by atoms with E-state index in [2.05, 4.69) is 19.2 Å². The van der Waals surface area contributed by atoms with Gasteiger partial charge in [-0.2, -0.15) is 0 Å². The van der Waals surface area contributed by atoms with Gasteiger partial charge in [-0.05, 0) is 33.1 Å². The van der Waals surface area contributed by atoms with Crippen molar-refractivity contribution in [3.05, 3.63) is 12.2 Å². The maximum absolute atomic E-state index is 13.7. The highest BCUT2D eigenvalue weighted by molar-refractivity contribution is 5.76. The predicted octanol–water partition coefficient (Wildman–Crippen LogP) is -6.90. The molecule has 0 aromatic rings. The normalized spacial score (nSPS) is 39.7. The van der Waals surface area contributed by atoms with Crippen LogP contribution in [0.4, 0.5) is 0 Å². The number of hydrogen-bond donors (Lipinski definition) is 27. The molecule has 7 saturated heterocycles. The lowest BCUT2D eigenvalue weighted by molar-refractivity contribution is -0.380. The lowest BCUT2D eigenvalue weighted by Crippen LogP contribution is -2.69. The van der Waals surface area contributed by atoms with Crippen molar-refractivity contribution < 1.29 is 198 Å². The lowest BCUT2D eigenvalue weighted by Gasteiger charge is -2.50. The van der Waals surface area contributed by atoms with Gasteiger partial charge in [0.2, 0.25) is 5.91 Å². The van der Waals surface area contributed by atoms with E-state index in [1.54, 1.807) is 6.08 Å². The first kappa shape index (κ1) is 110. The van der Waals surface area contributed by atoms with Crippen molar-refractivity contribution in [2.24, 2.45) is 11.5 Å². The number of amides is 1. The summed E-state index contributed by atoms with van der Waals surface area (Å²) in [5.41, 5.74) is 13.6. The molecule has 27 unspecified atom stereocenters. The third-order valence-electron chi connectivity index (χ3n) is 24.4. The standard InChI is InChI=1S/C82H151N3O40/c1-5-7-9-11-13-15-17-19-21-23-25-27-29-31-43(91)42(85-50(93)32-30-28-26-24-22-20-18-16-14-12-10-8-6-2)38-111-78-67(108)62(103)69(47(35-88)119-78)120-75(110)68(109)74(125-77-52(84)73(124-82-66(107)61(102)57(98)46(34-87)116-82)71(49(37-90)118-77)121-79-63(104)58(99)53(94)40(3)113-79)55(96)44(92)39-112-76-51(83)72(123-80-64(105)59(100)54(95)41(4)114-80)70(48(36-89)117-76)122-81-65(106)60(101)56(97)45(33-86)115-81/h29,31,40-49,51-82,86-92,94-110H,5-28,30,32-39,83-84H2,1-4H3,(H,85,93)/b31-29+/t40?,41?,42?,43?,44?,45?,46?,47?,48?,49?,51?,52?,53-,54+,55-,56-,57-,58?,59?,60?,61?,62?,63?,64?,65?,66?,67?,68?,69-,70-,71-,72?,73?,74?,75+,76+,77-,78+,79-,80?,81-,82-/m0/s1. The molecule has 0 aromatic heterocycles. The number of hydrogen-bond acceptors (Lipinski definition) is 42. The Kier molecular flexibility index (Phi) is 49.1. The van der Waals surface area contributed by atoms with Gasteiger partial charge in [-0.25, -0.2) is 0 Å². The predicted molar refractivity (Wildman–Crippen MR) is 431 cm³/mol. The molecule has 0 radical (unpaired) electrons. The molecule has 0 aliphatic carbocycles. The van der Waals surface area contributed by atoms with Crippen molar-refractivity contribution in [1.82, 2.24) is 5.32 Å². The number of carbonyl (C=O) groups is 1. The van der Waals surface area contributed by atoms with Crippen LogP contribution in [0, 0.1) is 0 Å². The molecule has 734 valence electrons. The Balaban J connectivity index is 1.14. The van der Waals surface area contributed by atoms with E-state index in [9.17, 15) is 127 Å². The van der Waals surface area contributed by atoms with Gasteiger partial charge < -0.3 is 210 Å². The Morgan fingerprint density at radius 1 is 0.360 bits per heavy atom. The van der Waals surface area contributed by atoms with Crippen LogP contribution in [0.1, 0.15) is 195 Å². The fraction of sp³-hybridized carbons (Fsp3) is 0.963. The van der Waals surface area contributed by atoms with Crippen LogP contribution in [0.15, 0.2) is 12.2 Å². The monoisotopic (exact) mass is 1820 g/mol. The molecule has 7 rings (SSSR count). The summed E-state index contributed by atoms with van der Waals surface area (Å²) >= 11 is 0. The quantitative estimate of drug-likeness (QED) is 0.0153. The zero-order valence-corrected chi connectivity index (χ0v) is 72.2. The average molecular weight is 1820 g/mol. The van der Waals surface area contributed by atoms with Crippen LogP contribution in [0.25, 0.3) is 0 Å². The Labute approximate surface area is 729 Å². The van der Waals surface area contributed by atoms with Gasteiger partial charge in [0.15, 0.2) is 50.3 Å². The summed E-state index contributed by atoms with van der Waals surface area (Å²) in [6.07, 6.45) is -48.1. The smallest absolute Gasteiger partial charge is 0.220 e. The number of rotatable bonds is 56. The zero-order chi connectivity index (χ0) is 91.9. The fourth-order valence-electron chi connectivity index (χ4n) is 16.4. The number of allylic oxidation sites excluding steroid dienone is 1. The number of nitrogens with two attached hydrogens (primary N) is 2. The molecule has 0 saturated carbocycles. The molecule has 42 atom stereocenters.